The van der Waals surface area contributed by atoms with Crippen molar-refractivity contribution in [2.45, 2.75) is 31.4 Å². The van der Waals surface area contributed by atoms with Crippen molar-refractivity contribution in [2.24, 2.45) is 5.73 Å². The van der Waals surface area contributed by atoms with Crippen LogP contribution in [0, 0.1) is 6.92 Å². The topological polar surface area (TPSA) is 58.7 Å². The van der Waals surface area contributed by atoms with E-state index in [1.807, 2.05) is 7.05 Å². The van der Waals surface area contributed by atoms with Crippen LogP contribution in [-0.4, -0.2) is 49.0 Å². The summed E-state index contributed by atoms with van der Waals surface area (Å²) >= 11 is 0. The molecular formula is C16H26N2O2. The van der Waals surface area contributed by atoms with Crippen LogP contribution in [0.3, 0.4) is 0 Å². The highest BCUT2D eigenvalue weighted by Gasteiger charge is 2.32. The molecule has 1 aliphatic rings. The molecule has 4 nitrogen and oxygen atoms in total. The predicted octanol–water partition coefficient (Wildman–Crippen LogP) is 1.47. The number of benzene rings is 1. The summed E-state index contributed by atoms with van der Waals surface area (Å²) in [6, 6.07) is 8.60. The summed E-state index contributed by atoms with van der Waals surface area (Å²) in [4.78, 5) is 2.16. The second-order valence-corrected chi connectivity index (χ2v) is 5.91. The van der Waals surface area contributed by atoms with Crippen molar-refractivity contribution < 1.29 is 9.84 Å². The molecule has 1 heterocycles. The van der Waals surface area contributed by atoms with Gasteiger partial charge in [0.25, 0.3) is 0 Å². The van der Waals surface area contributed by atoms with Gasteiger partial charge in [0.15, 0.2) is 0 Å². The molecular weight excluding hydrogens is 252 g/mol. The molecule has 0 amide bonds. The minimum Gasteiger partial charge on any atom is -0.388 e. The second-order valence-electron chi connectivity index (χ2n) is 5.91. The first-order chi connectivity index (χ1) is 9.54. The van der Waals surface area contributed by atoms with Gasteiger partial charge in [-0.3, -0.25) is 4.90 Å². The van der Waals surface area contributed by atoms with E-state index in [0.717, 1.165) is 0 Å². The highest BCUT2D eigenvalue weighted by atomic mass is 16.5. The molecule has 0 aromatic heterocycles. The molecule has 112 valence electrons. The van der Waals surface area contributed by atoms with Crippen LogP contribution in [0.4, 0.5) is 0 Å². The molecule has 0 radical (unpaired) electrons. The van der Waals surface area contributed by atoms with Crippen LogP contribution >= 0.6 is 0 Å². The lowest BCUT2D eigenvalue weighted by atomic mass is 9.92. The minimum atomic E-state index is -0.648. The number of likely N-dealkylation sites (N-methyl/N-ethyl adjacent to an activating group) is 1. The highest BCUT2D eigenvalue weighted by Crippen LogP contribution is 2.26. The Hall–Kier alpha value is -0.940. The maximum atomic E-state index is 10.6. The number of hydrogen-bond donors (Lipinski definition) is 2. The van der Waals surface area contributed by atoms with Crippen molar-refractivity contribution in [3.8, 4) is 0 Å². The Labute approximate surface area is 121 Å². The zero-order valence-corrected chi connectivity index (χ0v) is 12.5. The molecule has 1 atom stereocenters. The lowest BCUT2D eigenvalue weighted by Gasteiger charge is -2.38. The number of rotatable bonds is 5. The molecule has 1 aliphatic heterocycles. The summed E-state index contributed by atoms with van der Waals surface area (Å²) in [5.74, 6) is 0. The zero-order chi connectivity index (χ0) is 14.6. The average molecular weight is 278 g/mol. The summed E-state index contributed by atoms with van der Waals surface area (Å²) in [5, 5.41) is 10.6. The Bertz CT molecular complexity index is 413. The van der Waals surface area contributed by atoms with E-state index in [4.69, 9.17) is 10.5 Å². The molecule has 0 aliphatic carbocycles. The predicted molar refractivity (Wildman–Crippen MR) is 80.6 cm³/mol. The van der Waals surface area contributed by atoms with E-state index >= 15 is 0 Å². The number of aryl methyl sites for hydroxylation is 1. The van der Waals surface area contributed by atoms with Crippen LogP contribution in [0.1, 0.15) is 30.0 Å². The Balaban J connectivity index is 2.04. The smallest absolute Gasteiger partial charge is 0.0818 e. The third kappa shape index (κ3) is 3.79. The van der Waals surface area contributed by atoms with Crippen molar-refractivity contribution in [1.82, 2.24) is 4.90 Å². The van der Waals surface area contributed by atoms with Gasteiger partial charge >= 0.3 is 0 Å². The van der Waals surface area contributed by atoms with Gasteiger partial charge in [-0.05, 0) is 19.5 Å². The van der Waals surface area contributed by atoms with Gasteiger partial charge in [-0.15, -0.1) is 0 Å². The van der Waals surface area contributed by atoms with Gasteiger partial charge in [-0.2, -0.15) is 0 Å². The molecule has 1 unspecified atom stereocenters. The molecule has 1 fully saturated rings. The van der Waals surface area contributed by atoms with E-state index in [-0.39, 0.29) is 6.04 Å². The highest BCUT2D eigenvalue weighted by molar-refractivity contribution is 5.24. The quantitative estimate of drug-likeness (QED) is 0.856. The number of hydrogen-bond acceptors (Lipinski definition) is 4. The SMILES string of the molecule is Cc1ccc(C(CN)N(C)CC2(O)CCOCC2)cc1. The number of nitrogens with zero attached hydrogens (tertiary/aromatic N) is 1. The van der Waals surface area contributed by atoms with Gasteiger partial charge < -0.3 is 15.6 Å². The number of nitrogens with two attached hydrogens (primary N) is 1. The van der Waals surface area contributed by atoms with Gasteiger partial charge in [0.1, 0.15) is 0 Å². The summed E-state index contributed by atoms with van der Waals surface area (Å²) < 4.78 is 5.33. The van der Waals surface area contributed by atoms with Crippen LogP contribution < -0.4 is 5.73 Å². The molecule has 3 N–H and O–H groups in total. The van der Waals surface area contributed by atoms with E-state index in [1.165, 1.54) is 11.1 Å². The van der Waals surface area contributed by atoms with E-state index < -0.39 is 5.60 Å². The van der Waals surface area contributed by atoms with Crippen LogP contribution in [-0.2, 0) is 4.74 Å². The van der Waals surface area contributed by atoms with Crippen molar-refractivity contribution in [2.75, 3.05) is 33.4 Å². The zero-order valence-electron chi connectivity index (χ0n) is 12.5. The van der Waals surface area contributed by atoms with E-state index in [9.17, 15) is 5.11 Å². The first-order valence-corrected chi connectivity index (χ1v) is 7.31. The van der Waals surface area contributed by atoms with Crippen molar-refractivity contribution in [3.63, 3.8) is 0 Å². The van der Waals surface area contributed by atoms with E-state index in [0.29, 0.717) is 39.1 Å². The number of aliphatic hydroxyl groups is 1. The van der Waals surface area contributed by atoms with Crippen molar-refractivity contribution in [3.05, 3.63) is 35.4 Å². The molecule has 0 spiro atoms. The van der Waals surface area contributed by atoms with Gasteiger partial charge in [0, 0.05) is 45.2 Å². The summed E-state index contributed by atoms with van der Waals surface area (Å²) in [6.45, 7) is 4.54. The molecule has 4 heteroatoms. The third-order valence-electron chi connectivity index (χ3n) is 4.18. The average Bonchev–Trinajstić information content (AvgIpc) is 2.42. The van der Waals surface area contributed by atoms with Crippen LogP contribution in [0.25, 0.3) is 0 Å². The molecule has 1 aromatic carbocycles. The van der Waals surface area contributed by atoms with E-state index in [2.05, 4.69) is 36.1 Å². The Morgan fingerprint density at radius 1 is 1.30 bits per heavy atom. The normalized spacial score (nSPS) is 20.1. The lowest BCUT2D eigenvalue weighted by Crippen LogP contribution is -2.47. The van der Waals surface area contributed by atoms with Gasteiger partial charge in [0.05, 0.1) is 5.60 Å². The molecule has 2 rings (SSSR count). The first-order valence-electron chi connectivity index (χ1n) is 7.31. The van der Waals surface area contributed by atoms with Gasteiger partial charge in [0.2, 0.25) is 0 Å². The maximum Gasteiger partial charge on any atom is 0.0818 e. The van der Waals surface area contributed by atoms with Crippen LogP contribution in [0.5, 0.6) is 0 Å². The Morgan fingerprint density at radius 3 is 2.45 bits per heavy atom. The van der Waals surface area contributed by atoms with Crippen LogP contribution in [0.2, 0.25) is 0 Å². The fourth-order valence-electron chi connectivity index (χ4n) is 2.84. The molecule has 20 heavy (non-hydrogen) atoms. The second kappa shape index (κ2) is 6.68. The monoisotopic (exact) mass is 278 g/mol. The lowest BCUT2D eigenvalue weighted by molar-refractivity contribution is -0.0812. The van der Waals surface area contributed by atoms with Crippen molar-refractivity contribution >= 4 is 0 Å². The number of ether oxygens (including phenoxy) is 1. The molecule has 0 bridgehead atoms. The Kier molecular flexibility index (Phi) is 5.16. The third-order valence-corrected chi connectivity index (χ3v) is 4.18. The molecule has 1 saturated heterocycles. The van der Waals surface area contributed by atoms with E-state index in [1.54, 1.807) is 0 Å². The summed E-state index contributed by atoms with van der Waals surface area (Å²) in [6.07, 6.45) is 1.39. The van der Waals surface area contributed by atoms with Crippen molar-refractivity contribution in [1.29, 1.82) is 0 Å². The van der Waals surface area contributed by atoms with Gasteiger partial charge in [-0.25, -0.2) is 0 Å². The van der Waals surface area contributed by atoms with Crippen LogP contribution in [0.15, 0.2) is 24.3 Å². The summed E-state index contributed by atoms with van der Waals surface area (Å²) in [5.41, 5.74) is 7.75. The molecule has 0 saturated carbocycles. The largest absolute Gasteiger partial charge is 0.388 e. The van der Waals surface area contributed by atoms with Gasteiger partial charge in [-0.1, -0.05) is 29.8 Å². The fraction of sp³-hybridized carbons (Fsp3) is 0.625. The fourth-order valence-corrected chi connectivity index (χ4v) is 2.84. The summed E-state index contributed by atoms with van der Waals surface area (Å²) in [7, 11) is 2.03. The maximum absolute atomic E-state index is 10.6. The standard InChI is InChI=1S/C16H26N2O2/c1-13-3-5-14(6-4-13)15(11-17)18(2)12-16(19)7-9-20-10-8-16/h3-6,15,19H,7-12,17H2,1-2H3. The minimum absolute atomic E-state index is 0.141. The first kappa shape index (κ1) is 15.4. The molecule has 1 aromatic rings. The Morgan fingerprint density at radius 2 is 1.90 bits per heavy atom.